The number of pyridine rings is 1. The van der Waals surface area contributed by atoms with Crippen molar-refractivity contribution >= 4 is 11.6 Å². The quantitative estimate of drug-likeness (QED) is 0.830. The second kappa shape index (κ2) is 4.57. The van der Waals surface area contributed by atoms with Crippen molar-refractivity contribution in [2.24, 2.45) is 0 Å². The summed E-state index contributed by atoms with van der Waals surface area (Å²) >= 11 is 0. The van der Waals surface area contributed by atoms with Crippen LogP contribution in [-0.4, -0.2) is 22.0 Å². The average molecular weight is 215 g/mol. The summed E-state index contributed by atoms with van der Waals surface area (Å²) in [7, 11) is 1.94. The first kappa shape index (κ1) is 10.4. The minimum atomic E-state index is 0.426. The molecule has 0 amide bonds. The fraction of sp³-hybridized carbons (Fsp3) is 0.182. The van der Waals surface area contributed by atoms with Gasteiger partial charge in [0.05, 0.1) is 12.4 Å². The van der Waals surface area contributed by atoms with Crippen LogP contribution < -0.4 is 10.6 Å². The Morgan fingerprint density at radius 1 is 1.25 bits per heavy atom. The lowest BCUT2D eigenvalue weighted by Crippen LogP contribution is -2.18. The van der Waals surface area contributed by atoms with Crippen molar-refractivity contribution in [3.05, 3.63) is 42.5 Å². The van der Waals surface area contributed by atoms with Gasteiger partial charge in [-0.2, -0.15) is 0 Å². The predicted molar refractivity (Wildman–Crippen MR) is 62.8 cm³/mol. The van der Waals surface area contributed by atoms with Gasteiger partial charge in [-0.3, -0.25) is 9.97 Å². The van der Waals surface area contributed by atoms with Crippen LogP contribution in [0.4, 0.5) is 11.6 Å². The van der Waals surface area contributed by atoms with Crippen LogP contribution in [0.25, 0.3) is 0 Å². The van der Waals surface area contributed by atoms with Crippen molar-refractivity contribution in [3.63, 3.8) is 0 Å². The van der Waals surface area contributed by atoms with Crippen molar-refractivity contribution in [3.8, 4) is 0 Å². The lowest BCUT2D eigenvalue weighted by molar-refractivity contribution is 0.886. The molecule has 0 aromatic carbocycles. The normalized spacial score (nSPS) is 10.1. The average Bonchev–Trinajstić information content (AvgIpc) is 2.30. The Morgan fingerprint density at radius 2 is 2.12 bits per heavy atom. The van der Waals surface area contributed by atoms with Crippen LogP contribution in [-0.2, 0) is 6.54 Å². The summed E-state index contributed by atoms with van der Waals surface area (Å²) in [5, 5.41) is 0. The number of rotatable bonds is 3. The van der Waals surface area contributed by atoms with Gasteiger partial charge in [-0.1, -0.05) is 6.07 Å². The molecule has 5 heteroatoms. The Bertz CT molecular complexity index is 457. The molecule has 2 heterocycles. The van der Waals surface area contributed by atoms with Crippen molar-refractivity contribution in [1.82, 2.24) is 15.0 Å². The zero-order chi connectivity index (χ0) is 11.4. The summed E-state index contributed by atoms with van der Waals surface area (Å²) < 4.78 is 0. The van der Waals surface area contributed by atoms with Crippen LogP contribution in [0.3, 0.4) is 0 Å². The summed E-state index contributed by atoms with van der Waals surface area (Å²) in [4.78, 5) is 14.2. The largest absolute Gasteiger partial charge is 0.382 e. The molecule has 2 aromatic heterocycles. The molecule has 0 saturated carbocycles. The van der Waals surface area contributed by atoms with Gasteiger partial charge >= 0.3 is 0 Å². The molecule has 0 aliphatic heterocycles. The molecule has 2 rings (SSSR count). The summed E-state index contributed by atoms with van der Waals surface area (Å²) in [6.07, 6.45) is 6.80. The van der Waals surface area contributed by atoms with E-state index in [4.69, 9.17) is 5.73 Å². The summed E-state index contributed by atoms with van der Waals surface area (Å²) in [6, 6.07) is 3.93. The van der Waals surface area contributed by atoms with E-state index >= 15 is 0 Å². The predicted octanol–water partition coefficient (Wildman–Crippen LogP) is 1.09. The van der Waals surface area contributed by atoms with Gasteiger partial charge in [0.1, 0.15) is 11.6 Å². The van der Waals surface area contributed by atoms with E-state index in [1.54, 1.807) is 12.4 Å². The monoisotopic (exact) mass is 215 g/mol. The van der Waals surface area contributed by atoms with Gasteiger partial charge in [-0.25, -0.2) is 4.98 Å². The summed E-state index contributed by atoms with van der Waals surface area (Å²) in [5.74, 6) is 1.18. The zero-order valence-corrected chi connectivity index (χ0v) is 9.04. The van der Waals surface area contributed by atoms with E-state index in [-0.39, 0.29) is 0 Å². The Balaban J connectivity index is 2.12. The maximum atomic E-state index is 5.58. The Hall–Kier alpha value is -2.17. The molecular formula is C11H13N5. The topological polar surface area (TPSA) is 67.9 Å². The van der Waals surface area contributed by atoms with Gasteiger partial charge in [-0.15, -0.1) is 0 Å². The molecule has 0 aliphatic carbocycles. The van der Waals surface area contributed by atoms with E-state index in [2.05, 4.69) is 15.0 Å². The van der Waals surface area contributed by atoms with Crippen molar-refractivity contribution in [2.75, 3.05) is 17.7 Å². The first-order valence-corrected chi connectivity index (χ1v) is 4.93. The van der Waals surface area contributed by atoms with Gasteiger partial charge in [-0.05, 0) is 11.6 Å². The van der Waals surface area contributed by atoms with Crippen LogP contribution >= 0.6 is 0 Å². The van der Waals surface area contributed by atoms with E-state index in [9.17, 15) is 0 Å². The Morgan fingerprint density at radius 3 is 2.81 bits per heavy atom. The lowest BCUT2D eigenvalue weighted by Gasteiger charge is -2.17. The SMILES string of the molecule is CN(Cc1cccnc1)c1cncc(N)n1. The van der Waals surface area contributed by atoms with Gasteiger partial charge < -0.3 is 10.6 Å². The van der Waals surface area contributed by atoms with E-state index < -0.39 is 0 Å². The molecule has 0 atom stereocenters. The van der Waals surface area contributed by atoms with Gasteiger partial charge in [0.25, 0.3) is 0 Å². The first-order chi connectivity index (χ1) is 7.75. The van der Waals surface area contributed by atoms with Gasteiger partial charge in [0.2, 0.25) is 0 Å². The highest BCUT2D eigenvalue weighted by Gasteiger charge is 2.04. The number of nitrogens with zero attached hydrogens (tertiary/aromatic N) is 4. The standard InChI is InChI=1S/C11H13N5/c1-16(8-9-3-2-4-13-5-9)11-7-14-6-10(12)15-11/h2-7H,8H2,1H3,(H2,12,15). The molecule has 82 valence electrons. The molecule has 5 nitrogen and oxygen atoms in total. The van der Waals surface area contributed by atoms with E-state index in [1.165, 1.54) is 6.20 Å². The van der Waals surface area contributed by atoms with Gasteiger partial charge in [0, 0.05) is 26.0 Å². The van der Waals surface area contributed by atoms with Crippen LogP contribution in [0, 0.1) is 0 Å². The molecule has 0 spiro atoms. The second-order valence-electron chi connectivity index (χ2n) is 3.52. The summed E-state index contributed by atoms with van der Waals surface area (Å²) in [5.41, 5.74) is 6.70. The number of hydrogen-bond donors (Lipinski definition) is 1. The number of aromatic nitrogens is 3. The Labute approximate surface area is 94.0 Å². The lowest BCUT2D eigenvalue weighted by atomic mass is 10.3. The highest BCUT2D eigenvalue weighted by molar-refractivity contribution is 5.41. The third-order valence-electron chi connectivity index (χ3n) is 2.17. The van der Waals surface area contributed by atoms with Gasteiger partial charge in [0.15, 0.2) is 0 Å². The maximum Gasteiger partial charge on any atom is 0.149 e. The third-order valence-corrected chi connectivity index (χ3v) is 2.17. The maximum absolute atomic E-state index is 5.58. The molecule has 0 fully saturated rings. The van der Waals surface area contributed by atoms with Crippen LogP contribution in [0.2, 0.25) is 0 Å². The van der Waals surface area contributed by atoms with Crippen LogP contribution in [0.15, 0.2) is 36.9 Å². The third kappa shape index (κ3) is 2.44. The van der Waals surface area contributed by atoms with Crippen LogP contribution in [0.5, 0.6) is 0 Å². The number of nitrogens with two attached hydrogens (primary N) is 1. The molecule has 0 saturated heterocycles. The molecular weight excluding hydrogens is 202 g/mol. The minimum Gasteiger partial charge on any atom is -0.382 e. The van der Waals surface area contributed by atoms with Crippen molar-refractivity contribution < 1.29 is 0 Å². The van der Waals surface area contributed by atoms with Crippen molar-refractivity contribution in [1.29, 1.82) is 0 Å². The fourth-order valence-corrected chi connectivity index (χ4v) is 1.40. The molecule has 0 bridgehead atoms. The Kier molecular flexibility index (Phi) is 2.95. The number of anilines is 2. The second-order valence-corrected chi connectivity index (χ2v) is 3.52. The molecule has 2 aromatic rings. The van der Waals surface area contributed by atoms with E-state index in [1.807, 2.05) is 30.3 Å². The highest BCUT2D eigenvalue weighted by Crippen LogP contribution is 2.11. The number of nitrogen functional groups attached to an aromatic ring is 1. The molecule has 0 aliphatic rings. The van der Waals surface area contributed by atoms with Crippen molar-refractivity contribution in [2.45, 2.75) is 6.54 Å². The fourth-order valence-electron chi connectivity index (χ4n) is 1.40. The molecule has 2 N–H and O–H groups in total. The smallest absolute Gasteiger partial charge is 0.149 e. The molecule has 0 radical (unpaired) electrons. The first-order valence-electron chi connectivity index (χ1n) is 4.93. The zero-order valence-electron chi connectivity index (χ0n) is 9.04. The van der Waals surface area contributed by atoms with E-state index in [0.717, 1.165) is 17.9 Å². The van der Waals surface area contributed by atoms with E-state index in [0.29, 0.717) is 5.82 Å². The molecule has 0 unspecified atom stereocenters. The highest BCUT2D eigenvalue weighted by atomic mass is 15.2. The molecule has 16 heavy (non-hydrogen) atoms. The minimum absolute atomic E-state index is 0.426. The number of hydrogen-bond acceptors (Lipinski definition) is 5. The van der Waals surface area contributed by atoms with Crippen LogP contribution in [0.1, 0.15) is 5.56 Å². The summed E-state index contributed by atoms with van der Waals surface area (Å²) in [6.45, 7) is 0.728.